The number of pyridine rings is 1. The summed E-state index contributed by atoms with van der Waals surface area (Å²) in [7, 11) is 0. The molecule has 0 aromatic carbocycles. The number of carbonyl (C=O) groups is 1. The maximum atomic E-state index is 12.4. The fraction of sp³-hybridized carbons (Fsp3) is 0.571. The molecule has 0 saturated carbocycles. The molecule has 0 bridgehead atoms. The van der Waals surface area contributed by atoms with Crippen molar-refractivity contribution in [3.05, 3.63) is 22.8 Å². The van der Waals surface area contributed by atoms with Crippen molar-refractivity contribution in [1.82, 2.24) is 9.88 Å². The summed E-state index contributed by atoms with van der Waals surface area (Å²) < 4.78 is 0. The van der Waals surface area contributed by atoms with E-state index in [1.165, 1.54) is 12.8 Å². The number of likely N-dealkylation sites (tertiary alicyclic amines) is 1. The van der Waals surface area contributed by atoms with Gasteiger partial charge in [0.2, 0.25) is 0 Å². The quantitative estimate of drug-likeness (QED) is 0.925. The first-order valence-corrected chi connectivity index (χ1v) is 7.29. The predicted octanol–water partition coefficient (Wildman–Crippen LogP) is 3.18. The van der Waals surface area contributed by atoms with E-state index in [0.29, 0.717) is 16.4 Å². The summed E-state index contributed by atoms with van der Waals surface area (Å²) in [6.45, 7) is 4.41. The number of rotatable bonds is 3. The van der Waals surface area contributed by atoms with Crippen molar-refractivity contribution >= 4 is 23.3 Å². The first kappa shape index (κ1) is 14.1. The molecule has 1 aliphatic rings. The molecule has 1 N–H and O–H groups in total. The summed E-state index contributed by atoms with van der Waals surface area (Å²) in [5.41, 5.74) is 0.577. The van der Waals surface area contributed by atoms with Crippen LogP contribution < -0.4 is 5.32 Å². The van der Waals surface area contributed by atoms with Gasteiger partial charge in [-0.2, -0.15) is 0 Å². The molecule has 104 valence electrons. The van der Waals surface area contributed by atoms with Gasteiger partial charge in [-0.15, -0.1) is 0 Å². The highest BCUT2D eigenvalue weighted by Crippen LogP contribution is 2.21. The van der Waals surface area contributed by atoms with E-state index >= 15 is 0 Å². The van der Waals surface area contributed by atoms with Crippen molar-refractivity contribution in [2.24, 2.45) is 0 Å². The van der Waals surface area contributed by atoms with Crippen molar-refractivity contribution < 1.29 is 4.79 Å². The second kappa shape index (κ2) is 6.75. The Morgan fingerprint density at radius 2 is 2.05 bits per heavy atom. The average Bonchev–Trinajstić information content (AvgIpc) is 2.69. The Kier molecular flexibility index (Phi) is 5.02. The third kappa shape index (κ3) is 3.60. The Hall–Kier alpha value is -1.29. The lowest BCUT2D eigenvalue weighted by Gasteiger charge is -2.20. The summed E-state index contributed by atoms with van der Waals surface area (Å²) in [5, 5.41) is 3.57. The summed E-state index contributed by atoms with van der Waals surface area (Å²) in [6.07, 6.45) is 6.20. The predicted molar refractivity (Wildman–Crippen MR) is 77.8 cm³/mol. The molecule has 0 atom stereocenters. The number of hydrogen-bond donors (Lipinski definition) is 1. The molecule has 1 fully saturated rings. The summed E-state index contributed by atoms with van der Waals surface area (Å²) in [5.74, 6) is 0.677. The summed E-state index contributed by atoms with van der Waals surface area (Å²) in [6, 6.07) is 1.71. The van der Waals surface area contributed by atoms with E-state index in [1.54, 1.807) is 12.3 Å². The van der Waals surface area contributed by atoms with Gasteiger partial charge in [-0.3, -0.25) is 4.79 Å². The van der Waals surface area contributed by atoms with Gasteiger partial charge >= 0.3 is 0 Å². The molecule has 1 aromatic heterocycles. The Labute approximate surface area is 119 Å². The van der Waals surface area contributed by atoms with Gasteiger partial charge in [-0.05, 0) is 25.8 Å². The molecule has 19 heavy (non-hydrogen) atoms. The zero-order valence-corrected chi connectivity index (χ0v) is 12.0. The molecular formula is C14H20ClN3O. The van der Waals surface area contributed by atoms with Gasteiger partial charge in [-0.25, -0.2) is 4.98 Å². The lowest BCUT2D eigenvalue weighted by Crippen LogP contribution is -2.31. The van der Waals surface area contributed by atoms with E-state index in [9.17, 15) is 4.79 Å². The zero-order chi connectivity index (χ0) is 13.7. The molecule has 0 spiro atoms. The molecule has 2 heterocycles. The van der Waals surface area contributed by atoms with Gasteiger partial charge in [0, 0.05) is 25.8 Å². The van der Waals surface area contributed by atoms with Crippen LogP contribution in [-0.4, -0.2) is 35.4 Å². The van der Waals surface area contributed by atoms with Crippen molar-refractivity contribution in [2.45, 2.75) is 32.6 Å². The highest BCUT2D eigenvalue weighted by atomic mass is 35.5. The fourth-order valence-corrected chi connectivity index (χ4v) is 2.54. The molecule has 1 saturated heterocycles. The number of hydrogen-bond acceptors (Lipinski definition) is 3. The van der Waals surface area contributed by atoms with Gasteiger partial charge in [0.25, 0.3) is 5.91 Å². The van der Waals surface area contributed by atoms with Crippen LogP contribution in [0.2, 0.25) is 5.02 Å². The van der Waals surface area contributed by atoms with E-state index in [0.717, 1.165) is 32.5 Å². The van der Waals surface area contributed by atoms with Crippen LogP contribution in [0.15, 0.2) is 12.3 Å². The molecular weight excluding hydrogens is 262 g/mol. The lowest BCUT2D eigenvalue weighted by atomic mass is 10.2. The van der Waals surface area contributed by atoms with Crippen LogP contribution in [0.25, 0.3) is 0 Å². The van der Waals surface area contributed by atoms with Gasteiger partial charge in [0.05, 0.1) is 10.6 Å². The number of nitrogens with one attached hydrogen (secondary N) is 1. The van der Waals surface area contributed by atoms with E-state index in [1.807, 2.05) is 11.8 Å². The maximum absolute atomic E-state index is 12.4. The van der Waals surface area contributed by atoms with Crippen LogP contribution in [0.3, 0.4) is 0 Å². The second-order valence-corrected chi connectivity index (χ2v) is 5.20. The minimum Gasteiger partial charge on any atom is -0.369 e. The van der Waals surface area contributed by atoms with E-state index in [-0.39, 0.29) is 5.91 Å². The highest BCUT2D eigenvalue weighted by Gasteiger charge is 2.18. The summed E-state index contributed by atoms with van der Waals surface area (Å²) >= 11 is 6.13. The molecule has 1 aliphatic heterocycles. The van der Waals surface area contributed by atoms with Crippen molar-refractivity contribution in [2.75, 3.05) is 25.0 Å². The molecule has 0 unspecified atom stereocenters. The monoisotopic (exact) mass is 281 g/mol. The highest BCUT2D eigenvalue weighted by molar-refractivity contribution is 6.33. The minimum atomic E-state index is 0.0411. The van der Waals surface area contributed by atoms with Crippen molar-refractivity contribution in [1.29, 1.82) is 0 Å². The first-order valence-electron chi connectivity index (χ1n) is 6.91. The number of aromatic nitrogens is 1. The first-order chi connectivity index (χ1) is 9.22. The Morgan fingerprint density at radius 3 is 2.63 bits per heavy atom. The second-order valence-electron chi connectivity index (χ2n) is 4.79. The topological polar surface area (TPSA) is 45.2 Å². The van der Waals surface area contributed by atoms with Crippen LogP contribution in [0.5, 0.6) is 0 Å². The Bertz CT molecular complexity index is 442. The van der Waals surface area contributed by atoms with Crippen LogP contribution >= 0.6 is 11.6 Å². The van der Waals surface area contributed by atoms with Crippen LogP contribution in [0.1, 0.15) is 43.0 Å². The van der Waals surface area contributed by atoms with Crippen LogP contribution in [0, 0.1) is 0 Å². The smallest absolute Gasteiger partial charge is 0.255 e. The average molecular weight is 282 g/mol. The van der Waals surface area contributed by atoms with E-state index < -0.39 is 0 Å². The molecule has 0 radical (unpaired) electrons. The number of carbonyl (C=O) groups excluding carboxylic acids is 1. The third-order valence-electron chi connectivity index (χ3n) is 3.33. The third-order valence-corrected chi connectivity index (χ3v) is 3.61. The number of halogens is 1. The number of anilines is 1. The van der Waals surface area contributed by atoms with Crippen molar-refractivity contribution in [3.8, 4) is 0 Å². The lowest BCUT2D eigenvalue weighted by molar-refractivity contribution is 0.0761. The molecule has 0 aliphatic carbocycles. The maximum Gasteiger partial charge on any atom is 0.255 e. The molecule has 2 rings (SSSR count). The van der Waals surface area contributed by atoms with Gasteiger partial charge < -0.3 is 10.2 Å². The van der Waals surface area contributed by atoms with Gasteiger partial charge in [-0.1, -0.05) is 24.4 Å². The zero-order valence-electron chi connectivity index (χ0n) is 11.3. The molecule has 5 heteroatoms. The Morgan fingerprint density at radius 1 is 1.37 bits per heavy atom. The van der Waals surface area contributed by atoms with Crippen molar-refractivity contribution in [3.63, 3.8) is 0 Å². The summed E-state index contributed by atoms with van der Waals surface area (Å²) in [4.78, 5) is 18.5. The standard InChI is InChI=1S/C14H20ClN3O/c1-2-16-13-12(15)9-11(10-17-13)14(19)18-7-5-3-4-6-8-18/h9-10H,2-8H2,1H3,(H,16,17). The molecule has 4 nitrogen and oxygen atoms in total. The molecule has 1 aromatic rings. The Balaban J connectivity index is 2.12. The minimum absolute atomic E-state index is 0.0411. The largest absolute Gasteiger partial charge is 0.369 e. The van der Waals surface area contributed by atoms with E-state index in [4.69, 9.17) is 11.6 Å². The number of amides is 1. The molecule has 1 amide bonds. The van der Waals surface area contributed by atoms with E-state index in [2.05, 4.69) is 10.3 Å². The van der Waals surface area contributed by atoms with Gasteiger partial charge in [0.15, 0.2) is 0 Å². The number of nitrogens with zero attached hydrogens (tertiary/aromatic N) is 2. The fourth-order valence-electron chi connectivity index (χ4n) is 2.31. The normalized spacial score (nSPS) is 16.0. The van der Waals surface area contributed by atoms with Gasteiger partial charge in [0.1, 0.15) is 5.82 Å². The van der Waals surface area contributed by atoms with Crippen LogP contribution in [-0.2, 0) is 0 Å². The van der Waals surface area contributed by atoms with Crippen LogP contribution in [0.4, 0.5) is 5.82 Å². The SMILES string of the molecule is CCNc1ncc(C(=O)N2CCCCCC2)cc1Cl.